The molecule has 0 aliphatic heterocycles. The number of benzene rings is 1. The minimum Gasteiger partial charge on any atom is -0.481 e. The minimum absolute atomic E-state index is 0.285. The average molecular weight is 288 g/mol. The predicted molar refractivity (Wildman–Crippen MR) is 86.4 cm³/mol. The second-order valence-corrected chi connectivity index (χ2v) is 7.83. The van der Waals surface area contributed by atoms with E-state index in [2.05, 4.69) is 39.8 Å². The van der Waals surface area contributed by atoms with Crippen LogP contribution >= 0.6 is 0 Å². The minimum atomic E-state index is -0.613. The molecule has 2 nitrogen and oxygen atoms in total. The van der Waals surface area contributed by atoms with Gasteiger partial charge in [-0.2, -0.15) is 0 Å². The molecule has 1 saturated carbocycles. The largest absolute Gasteiger partial charge is 0.481 e. The molecule has 0 aromatic heterocycles. The number of rotatable bonds is 3. The van der Waals surface area contributed by atoms with Gasteiger partial charge in [0.05, 0.1) is 5.41 Å². The third kappa shape index (κ3) is 3.48. The van der Waals surface area contributed by atoms with E-state index in [9.17, 15) is 9.90 Å². The van der Waals surface area contributed by atoms with E-state index in [1.165, 1.54) is 11.1 Å². The lowest BCUT2D eigenvalue weighted by Gasteiger charge is -2.42. The number of aliphatic carboxylic acids is 1. The Bertz CT molecular complexity index is 503. The standard InChI is InChI=1S/C19H28O2/c1-14-7-5-6-8-15(14)13-19(17(20)21)11-9-16(10-12-19)18(2,3)4/h5-8,16H,9-13H2,1-4H3,(H,20,21). The highest BCUT2D eigenvalue weighted by Crippen LogP contribution is 2.47. The maximum Gasteiger partial charge on any atom is 0.309 e. The maximum atomic E-state index is 11.9. The van der Waals surface area contributed by atoms with Gasteiger partial charge in [-0.3, -0.25) is 4.79 Å². The Balaban J connectivity index is 2.17. The maximum absolute atomic E-state index is 11.9. The number of hydrogen-bond donors (Lipinski definition) is 1. The van der Waals surface area contributed by atoms with E-state index in [4.69, 9.17) is 0 Å². The van der Waals surface area contributed by atoms with E-state index < -0.39 is 11.4 Å². The Labute approximate surface area is 128 Å². The molecule has 0 spiro atoms. The van der Waals surface area contributed by atoms with E-state index >= 15 is 0 Å². The summed E-state index contributed by atoms with van der Waals surface area (Å²) in [5.41, 5.74) is 2.12. The van der Waals surface area contributed by atoms with Gasteiger partial charge in [-0.15, -0.1) is 0 Å². The van der Waals surface area contributed by atoms with Gasteiger partial charge in [0.25, 0.3) is 0 Å². The van der Waals surface area contributed by atoms with Crippen molar-refractivity contribution >= 4 is 5.97 Å². The fraction of sp³-hybridized carbons (Fsp3) is 0.632. The van der Waals surface area contributed by atoms with Crippen molar-refractivity contribution in [2.45, 2.75) is 59.8 Å². The molecule has 1 aromatic carbocycles. The van der Waals surface area contributed by atoms with Crippen LogP contribution in [0.15, 0.2) is 24.3 Å². The molecule has 116 valence electrons. The summed E-state index contributed by atoms with van der Waals surface area (Å²) in [6, 6.07) is 8.18. The first-order valence-corrected chi connectivity index (χ1v) is 8.02. The van der Waals surface area contributed by atoms with Crippen LogP contribution in [0.1, 0.15) is 57.6 Å². The molecule has 1 aliphatic rings. The van der Waals surface area contributed by atoms with Gasteiger partial charge in [0.1, 0.15) is 0 Å². The summed E-state index contributed by atoms with van der Waals surface area (Å²) in [6.07, 6.45) is 4.34. The predicted octanol–water partition coefficient (Wildman–Crippen LogP) is 4.84. The molecule has 0 amide bonds. The molecule has 2 rings (SSSR count). The Morgan fingerprint density at radius 2 is 1.81 bits per heavy atom. The highest BCUT2D eigenvalue weighted by molar-refractivity contribution is 5.75. The van der Waals surface area contributed by atoms with Crippen LogP contribution < -0.4 is 0 Å². The molecular formula is C19H28O2. The summed E-state index contributed by atoms with van der Waals surface area (Å²) in [5, 5.41) is 9.83. The average Bonchev–Trinajstić information content (AvgIpc) is 2.41. The zero-order valence-corrected chi connectivity index (χ0v) is 13.8. The van der Waals surface area contributed by atoms with Gasteiger partial charge in [-0.25, -0.2) is 0 Å². The SMILES string of the molecule is Cc1ccccc1CC1(C(=O)O)CCC(C(C)(C)C)CC1. The van der Waals surface area contributed by atoms with Crippen molar-refractivity contribution in [3.63, 3.8) is 0 Å². The zero-order chi connectivity index (χ0) is 15.7. The van der Waals surface area contributed by atoms with Crippen LogP contribution in [0.3, 0.4) is 0 Å². The molecule has 1 fully saturated rings. The number of aryl methyl sites for hydroxylation is 1. The molecule has 0 atom stereocenters. The van der Waals surface area contributed by atoms with Crippen LogP contribution in [0.25, 0.3) is 0 Å². The Morgan fingerprint density at radius 1 is 1.24 bits per heavy atom. The topological polar surface area (TPSA) is 37.3 Å². The summed E-state index contributed by atoms with van der Waals surface area (Å²) in [4.78, 5) is 11.9. The van der Waals surface area contributed by atoms with Crippen molar-refractivity contribution in [2.75, 3.05) is 0 Å². The molecule has 0 saturated heterocycles. The lowest BCUT2D eigenvalue weighted by atomic mass is 9.62. The summed E-state index contributed by atoms with van der Waals surface area (Å²) in [7, 11) is 0. The number of hydrogen-bond acceptors (Lipinski definition) is 1. The van der Waals surface area contributed by atoms with E-state index in [0.717, 1.165) is 25.7 Å². The highest BCUT2D eigenvalue weighted by atomic mass is 16.4. The first-order chi connectivity index (χ1) is 9.74. The molecule has 0 heterocycles. The monoisotopic (exact) mass is 288 g/mol. The molecular weight excluding hydrogens is 260 g/mol. The summed E-state index contributed by atoms with van der Waals surface area (Å²) < 4.78 is 0. The van der Waals surface area contributed by atoms with E-state index in [1.54, 1.807) is 0 Å². The first-order valence-electron chi connectivity index (χ1n) is 8.02. The summed E-state index contributed by atoms with van der Waals surface area (Å²) in [6.45, 7) is 8.89. The van der Waals surface area contributed by atoms with Gasteiger partial charge in [0.2, 0.25) is 0 Å². The Kier molecular flexibility index (Phi) is 4.46. The van der Waals surface area contributed by atoms with Crippen LogP contribution in [-0.2, 0) is 11.2 Å². The third-order valence-electron chi connectivity index (χ3n) is 5.41. The second kappa shape index (κ2) is 5.82. The van der Waals surface area contributed by atoms with Crippen molar-refractivity contribution in [1.82, 2.24) is 0 Å². The molecule has 0 radical (unpaired) electrons. The Morgan fingerprint density at radius 3 is 2.29 bits per heavy atom. The van der Waals surface area contributed by atoms with E-state index in [-0.39, 0.29) is 5.41 Å². The van der Waals surface area contributed by atoms with Crippen LogP contribution in [0.2, 0.25) is 0 Å². The summed E-state index contributed by atoms with van der Waals surface area (Å²) >= 11 is 0. The molecule has 0 unspecified atom stereocenters. The second-order valence-electron chi connectivity index (χ2n) is 7.83. The normalized spacial score (nSPS) is 26.6. The fourth-order valence-electron chi connectivity index (χ4n) is 3.68. The van der Waals surface area contributed by atoms with Crippen molar-refractivity contribution in [3.05, 3.63) is 35.4 Å². The molecule has 1 aromatic rings. The zero-order valence-electron chi connectivity index (χ0n) is 13.8. The van der Waals surface area contributed by atoms with Gasteiger partial charge in [0, 0.05) is 0 Å². The number of carboxylic acids is 1. The first kappa shape index (κ1) is 16.1. The number of carbonyl (C=O) groups is 1. The lowest BCUT2D eigenvalue weighted by Crippen LogP contribution is -2.40. The van der Waals surface area contributed by atoms with Crippen LogP contribution in [0.5, 0.6) is 0 Å². The van der Waals surface area contributed by atoms with Gasteiger partial charge < -0.3 is 5.11 Å². The van der Waals surface area contributed by atoms with Crippen LogP contribution in [0.4, 0.5) is 0 Å². The highest BCUT2D eigenvalue weighted by Gasteiger charge is 2.44. The molecule has 1 aliphatic carbocycles. The van der Waals surface area contributed by atoms with Gasteiger partial charge in [-0.1, -0.05) is 45.0 Å². The quantitative estimate of drug-likeness (QED) is 0.863. The fourth-order valence-corrected chi connectivity index (χ4v) is 3.68. The smallest absolute Gasteiger partial charge is 0.309 e. The molecule has 2 heteroatoms. The van der Waals surface area contributed by atoms with Crippen LogP contribution in [-0.4, -0.2) is 11.1 Å². The van der Waals surface area contributed by atoms with Gasteiger partial charge in [0.15, 0.2) is 0 Å². The van der Waals surface area contributed by atoms with Crippen molar-refractivity contribution in [2.24, 2.45) is 16.7 Å². The Hall–Kier alpha value is -1.31. The summed E-state index contributed by atoms with van der Waals surface area (Å²) in [5.74, 6) is 0.0277. The van der Waals surface area contributed by atoms with Crippen molar-refractivity contribution < 1.29 is 9.90 Å². The van der Waals surface area contributed by atoms with Crippen LogP contribution in [0, 0.1) is 23.7 Å². The molecule has 21 heavy (non-hydrogen) atoms. The van der Waals surface area contributed by atoms with Crippen molar-refractivity contribution in [1.29, 1.82) is 0 Å². The van der Waals surface area contributed by atoms with E-state index in [0.29, 0.717) is 12.3 Å². The van der Waals surface area contributed by atoms with Gasteiger partial charge >= 0.3 is 5.97 Å². The third-order valence-corrected chi connectivity index (χ3v) is 5.41. The van der Waals surface area contributed by atoms with E-state index in [1.807, 2.05) is 12.1 Å². The molecule has 0 bridgehead atoms. The molecule has 1 N–H and O–H groups in total. The lowest BCUT2D eigenvalue weighted by molar-refractivity contribution is -0.152. The number of carboxylic acid groups (broad SMARTS) is 1. The van der Waals surface area contributed by atoms with Crippen molar-refractivity contribution in [3.8, 4) is 0 Å². The van der Waals surface area contributed by atoms with Gasteiger partial charge in [-0.05, 0) is 61.5 Å².